The highest BCUT2D eigenvalue weighted by Crippen LogP contribution is 2.37. The van der Waals surface area contributed by atoms with E-state index in [-0.39, 0.29) is 24.8 Å². The second-order valence-electron chi connectivity index (χ2n) is 6.94. The number of carboxylic acid groups (broad SMARTS) is 1. The molecule has 6 nitrogen and oxygen atoms in total. The van der Waals surface area contributed by atoms with Crippen LogP contribution in [0.15, 0.2) is 24.3 Å². The van der Waals surface area contributed by atoms with E-state index in [9.17, 15) is 9.59 Å². The molecular weight excluding hydrogens is 388 g/mol. The normalized spacial score (nSPS) is 21.4. The maximum absolute atomic E-state index is 12.0. The second kappa shape index (κ2) is 10.8. The molecule has 8 heteroatoms. The molecule has 27 heavy (non-hydrogen) atoms. The smallest absolute Gasteiger partial charge is 0.413 e. The van der Waals surface area contributed by atoms with E-state index >= 15 is 0 Å². The van der Waals surface area contributed by atoms with Gasteiger partial charge in [0.2, 0.25) is 0 Å². The molecule has 1 fully saturated rings. The highest BCUT2D eigenvalue weighted by molar-refractivity contribution is 7.59. The number of hydrogen-bond acceptors (Lipinski definition) is 4. The molecule has 1 heterocycles. The highest BCUT2D eigenvalue weighted by Gasteiger charge is 2.33. The number of carboxylic acids is 1. The third kappa shape index (κ3) is 6.30. The number of hydrogen-bond donors (Lipinski definition) is 2. The van der Waals surface area contributed by atoms with Crippen molar-refractivity contribution < 1.29 is 19.4 Å². The van der Waals surface area contributed by atoms with Gasteiger partial charge in [0.25, 0.3) is 0 Å². The monoisotopic (exact) mass is 416 g/mol. The van der Waals surface area contributed by atoms with Gasteiger partial charge in [0.15, 0.2) is 0 Å². The van der Waals surface area contributed by atoms with E-state index in [4.69, 9.17) is 21.4 Å². The van der Waals surface area contributed by atoms with E-state index in [0.29, 0.717) is 5.75 Å². The number of nitrogens with zero attached hydrogens (tertiary/aromatic N) is 1. The van der Waals surface area contributed by atoms with Crippen LogP contribution in [0.25, 0.3) is 0 Å². The van der Waals surface area contributed by atoms with Crippen LogP contribution in [0.5, 0.6) is 5.75 Å². The summed E-state index contributed by atoms with van der Waals surface area (Å²) < 4.78 is 5.29. The fourth-order valence-electron chi connectivity index (χ4n) is 3.58. The third-order valence-electron chi connectivity index (χ3n) is 5.10. The van der Waals surface area contributed by atoms with Crippen molar-refractivity contribution in [1.29, 1.82) is 0 Å². The summed E-state index contributed by atoms with van der Waals surface area (Å²) in [6.45, 7) is 4.25. The number of alkyl halides is 1. The summed E-state index contributed by atoms with van der Waals surface area (Å²) in [6.07, 6.45) is 3.63. The summed E-state index contributed by atoms with van der Waals surface area (Å²) in [5.74, 6) is -1.02. The number of likely N-dealkylation sites (tertiary alicyclic amines) is 1. The standard InChI is InChI=1S/C19H27ClN2O4.H2S/c1-3-19(9-4-5-10-22(2)13-19)14-7-6-8-15(11-14)26-18(25)21-16(12-20)17(23)24;/h6-8,11,16H,3-5,9-10,12-13H2,1-2H3,(H,21,25)(H,23,24);1H2/t16-,19?;/m0./s1. The Labute approximate surface area is 172 Å². The van der Waals surface area contributed by atoms with E-state index in [1.165, 1.54) is 12.8 Å². The Kier molecular flexibility index (Phi) is 9.42. The van der Waals surface area contributed by atoms with Gasteiger partial charge in [0, 0.05) is 12.0 Å². The summed E-state index contributed by atoms with van der Waals surface area (Å²) in [6, 6.07) is 6.36. The number of nitrogens with one attached hydrogen (secondary N) is 1. The van der Waals surface area contributed by atoms with Crippen molar-refractivity contribution in [3.8, 4) is 5.75 Å². The lowest BCUT2D eigenvalue weighted by Crippen LogP contribution is -2.43. The molecule has 0 aliphatic carbocycles. The third-order valence-corrected chi connectivity index (χ3v) is 5.40. The predicted octanol–water partition coefficient (Wildman–Crippen LogP) is 3.34. The van der Waals surface area contributed by atoms with E-state index in [1.807, 2.05) is 12.1 Å². The Bertz CT molecular complexity index is 646. The largest absolute Gasteiger partial charge is 0.480 e. The summed E-state index contributed by atoms with van der Waals surface area (Å²) >= 11 is 5.55. The van der Waals surface area contributed by atoms with Gasteiger partial charge in [-0.25, -0.2) is 9.59 Å². The molecule has 1 aromatic rings. The molecule has 1 saturated heterocycles. The molecule has 2 atom stereocenters. The number of amides is 1. The first kappa shape index (κ1) is 23.6. The van der Waals surface area contributed by atoms with Crippen LogP contribution in [0.4, 0.5) is 4.79 Å². The molecule has 1 aliphatic heterocycles. The van der Waals surface area contributed by atoms with Gasteiger partial charge in [-0.2, -0.15) is 13.5 Å². The van der Waals surface area contributed by atoms with Crippen molar-refractivity contribution in [2.24, 2.45) is 0 Å². The molecule has 0 spiro atoms. The molecular formula is C19H29ClN2O4S. The Morgan fingerprint density at radius 3 is 2.78 bits per heavy atom. The first-order valence-electron chi connectivity index (χ1n) is 8.96. The summed E-state index contributed by atoms with van der Waals surface area (Å²) in [5.41, 5.74) is 1.17. The average molecular weight is 417 g/mol. The van der Waals surface area contributed by atoms with Gasteiger partial charge in [0.1, 0.15) is 11.8 Å². The number of carbonyl (C=O) groups is 2. The van der Waals surface area contributed by atoms with Crippen LogP contribution in [0.2, 0.25) is 0 Å². The van der Waals surface area contributed by atoms with Crippen LogP contribution in [0.3, 0.4) is 0 Å². The SMILES string of the molecule is CCC1(c2cccc(OC(=O)N[C@@H](CCl)C(=O)O)c2)CCCCN(C)C1.S. The Balaban J connectivity index is 0.00000364. The topological polar surface area (TPSA) is 78.9 Å². The van der Waals surface area contributed by atoms with Crippen LogP contribution in [-0.2, 0) is 10.2 Å². The zero-order valence-corrected chi connectivity index (χ0v) is 17.6. The Hall–Kier alpha value is -1.44. The second-order valence-corrected chi connectivity index (χ2v) is 7.24. The summed E-state index contributed by atoms with van der Waals surface area (Å²) in [4.78, 5) is 25.3. The first-order valence-corrected chi connectivity index (χ1v) is 9.50. The molecule has 0 radical (unpaired) electrons. The van der Waals surface area contributed by atoms with Crippen molar-refractivity contribution in [3.05, 3.63) is 29.8 Å². The molecule has 2 N–H and O–H groups in total. The van der Waals surface area contributed by atoms with Crippen molar-refractivity contribution in [3.63, 3.8) is 0 Å². The van der Waals surface area contributed by atoms with Crippen LogP contribution in [0, 0.1) is 0 Å². The molecule has 0 aromatic heterocycles. The Morgan fingerprint density at radius 2 is 2.15 bits per heavy atom. The zero-order chi connectivity index (χ0) is 19.2. The van der Waals surface area contributed by atoms with Crippen molar-refractivity contribution in [2.45, 2.75) is 44.1 Å². The molecule has 152 valence electrons. The van der Waals surface area contributed by atoms with Gasteiger partial charge in [-0.05, 0) is 50.6 Å². The lowest BCUT2D eigenvalue weighted by atomic mass is 9.74. The van der Waals surface area contributed by atoms with Gasteiger partial charge < -0.3 is 20.1 Å². The molecule has 1 aliphatic rings. The van der Waals surface area contributed by atoms with E-state index in [1.54, 1.807) is 6.07 Å². The van der Waals surface area contributed by atoms with Crippen molar-refractivity contribution in [1.82, 2.24) is 10.2 Å². The first-order chi connectivity index (χ1) is 12.4. The van der Waals surface area contributed by atoms with Crippen LogP contribution < -0.4 is 10.1 Å². The van der Waals surface area contributed by atoms with Gasteiger partial charge in [-0.3, -0.25) is 0 Å². The summed E-state index contributed by atoms with van der Waals surface area (Å²) in [5, 5.41) is 11.2. The number of carbonyl (C=O) groups excluding carboxylic acids is 1. The van der Waals surface area contributed by atoms with Crippen LogP contribution >= 0.6 is 25.1 Å². The highest BCUT2D eigenvalue weighted by atomic mass is 35.5. The van der Waals surface area contributed by atoms with Gasteiger partial charge in [0.05, 0.1) is 5.88 Å². The predicted molar refractivity (Wildman–Crippen MR) is 111 cm³/mol. The van der Waals surface area contributed by atoms with Gasteiger partial charge in [-0.1, -0.05) is 25.5 Å². The van der Waals surface area contributed by atoms with Crippen LogP contribution in [0.1, 0.15) is 38.2 Å². The van der Waals surface area contributed by atoms with E-state index < -0.39 is 18.1 Å². The van der Waals surface area contributed by atoms with E-state index in [2.05, 4.69) is 30.3 Å². The molecule has 0 bridgehead atoms. The number of ether oxygens (including phenoxy) is 1. The van der Waals surface area contributed by atoms with Gasteiger partial charge >= 0.3 is 12.1 Å². The molecule has 1 unspecified atom stereocenters. The number of aliphatic carboxylic acids is 1. The maximum atomic E-state index is 12.0. The fraction of sp³-hybridized carbons (Fsp3) is 0.579. The number of halogens is 1. The minimum absolute atomic E-state index is 0. The fourth-order valence-corrected chi connectivity index (χ4v) is 3.79. The summed E-state index contributed by atoms with van der Waals surface area (Å²) in [7, 11) is 2.14. The van der Waals surface area contributed by atoms with Gasteiger partial charge in [-0.15, -0.1) is 11.6 Å². The lowest BCUT2D eigenvalue weighted by molar-refractivity contribution is -0.138. The van der Waals surface area contributed by atoms with Crippen LogP contribution in [-0.4, -0.2) is 54.1 Å². The zero-order valence-electron chi connectivity index (χ0n) is 15.8. The molecule has 1 amide bonds. The average Bonchev–Trinajstić information content (AvgIpc) is 2.81. The van der Waals surface area contributed by atoms with Crippen molar-refractivity contribution in [2.75, 3.05) is 26.0 Å². The minimum Gasteiger partial charge on any atom is -0.480 e. The minimum atomic E-state index is -1.20. The molecule has 0 saturated carbocycles. The van der Waals surface area contributed by atoms with E-state index in [0.717, 1.165) is 31.5 Å². The number of likely N-dealkylation sites (N-methyl/N-ethyl adjacent to an activating group) is 1. The number of rotatable bonds is 6. The van der Waals surface area contributed by atoms with Crippen molar-refractivity contribution >= 4 is 37.2 Å². The molecule has 1 aromatic carbocycles. The molecule has 2 rings (SSSR count). The lowest BCUT2D eigenvalue weighted by Gasteiger charge is -2.35. The Morgan fingerprint density at radius 1 is 1.41 bits per heavy atom. The quantitative estimate of drug-likeness (QED) is 0.695. The maximum Gasteiger partial charge on any atom is 0.413 e. The number of benzene rings is 1.